The van der Waals surface area contributed by atoms with E-state index in [1.807, 2.05) is 0 Å². The molecule has 0 saturated heterocycles. The molecule has 0 aromatic heterocycles. The molecule has 0 radical (unpaired) electrons. The number of aliphatic hydroxyl groups is 1. The molecular formula is C19H38N4O. The van der Waals surface area contributed by atoms with Crippen molar-refractivity contribution in [1.29, 1.82) is 0 Å². The highest BCUT2D eigenvalue weighted by Gasteiger charge is 2.20. The predicted molar refractivity (Wildman–Crippen MR) is 103 cm³/mol. The highest BCUT2D eigenvalue weighted by atomic mass is 16.3. The van der Waals surface area contributed by atoms with E-state index in [9.17, 15) is 5.11 Å². The molecule has 5 heteroatoms. The number of unbranched alkanes of at least 4 members (excludes halogenated alkanes) is 1. The van der Waals surface area contributed by atoms with Gasteiger partial charge in [0.25, 0.3) is 0 Å². The van der Waals surface area contributed by atoms with Crippen molar-refractivity contribution in [3.63, 3.8) is 0 Å². The number of aliphatic hydroxyl groups excluding tert-OH is 1. The summed E-state index contributed by atoms with van der Waals surface area (Å²) < 4.78 is 0. The minimum atomic E-state index is -0.106. The van der Waals surface area contributed by atoms with Crippen LogP contribution in [0.25, 0.3) is 0 Å². The fourth-order valence-corrected chi connectivity index (χ4v) is 3.05. The zero-order chi connectivity index (χ0) is 17.9. The number of aliphatic imine (C=N–C) groups is 1. The average Bonchev–Trinajstić information content (AvgIpc) is 2.55. The van der Waals surface area contributed by atoms with Gasteiger partial charge in [-0.25, -0.2) is 0 Å². The number of guanidine groups is 1. The molecule has 0 amide bonds. The van der Waals surface area contributed by atoms with Crippen LogP contribution in [-0.2, 0) is 0 Å². The first-order valence-electron chi connectivity index (χ1n) is 9.63. The van der Waals surface area contributed by atoms with Gasteiger partial charge in [0.15, 0.2) is 5.96 Å². The lowest BCUT2D eigenvalue weighted by molar-refractivity contribution is 0.126. The van der Waals surface area contributed by atoms with Gasteiger partial charge < -0.3 is 20.2 Å². The third kappa shape index (κ3) is 7.12. The molecule has 1 rings (SSSR count). The number of hydrogen-bond acceptors (Lipinski definition) is 3. The summed E-state index contributed by atoms with van der Waals surface area (Å²) in [4.78, 5) is 9.13. The van der Waals surface area contributed by atoms with Crippen LogP contribution in [0, 0.1) is 0 Å². The Morgan fingerprint density at radius 3 is 2.33 bits per heavy atom. The van der Waals surface area contributed by atoms with E-state index in [2.05, 4.69) is 49.6 Å². The molecule has 0 atom stereocenters. The first-order chi connectivity index (χ1) is 11.5. The fraction of sp³-hybridized carbons (Fsp3) is 0.842. The minimum absolute atomic E-state index is 0.106. The second kappa shape index (κ2) is 11.3. The number of hydrogen-bond donors (Lipinski definition) is 2. The minimum Gasteiger partial charge on any atom is -0.393 e. The van der Waals surface area contributed by atoms with E-state index in [1.54, 1.807) is 0 Å². The Hall–Kier alpha value is -1.23. The maximum atomic E-state index is 9.79. The van der Waals surface area contributed by atoms with E-state index in [0.717, 1.165) is 69.8 Å². The summed E-state index contributed by atoms with van der Waals surface area (Å²) in [6, 6.07) is 0.470. The fourth-order valence-electron chi connectivity index (χ4n) is 3.05. The van der Waals surface area contributed by atoms with Crippen LogP contribution in [0.4, 0.5) is 0 Å². The van der Waals surface area contributed by atoms with Gasteiger partial charge in [-0.3, -0.25) is 0 Å². The van der Waals surface area contributed by atoms with Crippen molar-refractivity contribution in [2.24, 2.45) is 4.99 Å². The molecule has 5 nitrogen and oxygen atoms in total. The molecule has 0 aliphatic heterocycles. The Kier molecular flexibility index (Phi) is 9.84. The lowest BCUT2D eigenvalue weighted by Crippen LogP contribution is -2.40. The molecule has 0 unspecified atom stereocenters. The van der Waals surface area contributed by atoms with Crippen LogP contribution in [0.1, 0.15) is 65.2 Å². The molecule has 1 fully saturated rings. The van der Waals surface area contributed by atoms with Crippen molar-refractivity contribution in [3.8, 4) is 0 Å². The van der Waals surface area contributed by atoms with Gasteiger partial charge in [0.05, 0.1) is 6.10 Å². The Bertz CT molecular complexity index is 387. The standard InChI is InChI=1S/C19H38N4O/c1-6-8-15-20-19(22(4)7-2)21-16(3)23(5)17-11-9-13-18(24)14-10-12-17/h17-18,24H,3,6-15H2,1-2,4-5H3,(H,20,21)/t17-,18-. The molecular weight excluding hydrogens is 300 g/mol. The third-order valence-corrected chi connectivity index (χ3v) is 4.99. The van der Waals surface area contributed by atoms with E-state index < -0.39 is 0 Å². The summed E-state index contributed by atoms with van der Waals surface area (Å²) in [5.41, 5.74) is 0. The van der Waals surface area contributed by atoms with Crippen molar-refractivity contribution in [2.75, 3.05) is 27.2 Å². The van der Waals surface area contributed by atoms with Crippen LogP contribution in [0.5, 0.6) is 0 Å². The third-order valence-electron chi connectivity index (χ3n) is 4.99. The molecule has 1 aliphatic rings. The number of nitrogens with zero attached hydrogens (tertiary/aromatic N) is 3. The van der Waals surface area contributed by atoms with E-state index in [1.165, 1.54) is 6.42 Å². The van der Waals surface area contributed by atoms with Crippen LogP contribution >= 0.6 is 0 Å². The maximum Gasteiger partial charge on any atom is 0.200 e. The monoisotopic (exact) mass is 338 g/mol. The van der Waals surface area contributed by atoms with Gasteiger partial charge in [0.1, 0.15) is 5.82 Å². The Balaban J connectivity index is 2.68. The molecule has 1 saturated carbocycles. The van der Waals surface area contributed by atoms with Crippen molar-refractivity contribution in [3.05, 3.63) is 12.4 Å². The van der Waals surface area contributed by atoms with E-state index >= 15 is 0 Å². The molecule has 140 valence electrons. The highest BCUT2D eigenvalue weighted by Crippen LogP contribution is 2.23. The van der Waals surface area contributed by atoms with E-state index in [0.29, 0.717) is 6.04 Å². The van der Waals surface area contributed by atoms with Crippen LogP contribution in [0.15, 0.2) is 17.4 Å². The summed E-state index contributed by atoms with van der Waals surface area (Å²) in [5.74, 6) is 1.73. The van der Waals surface area contributed by atoms with Crippen LogP contribution in [-0.4, -0.2) is 60.2 Å². The van der Waals surface area contributed by atoms with Gasteiger partial charge in [-0.15, -0.1) is 0 Å². The van der Waals surface area contributed by atoms with Crippen LogP contribution in [0.3, 0.4) is 0 Å². The van der Waals surface area contributed by atoms with E-state index in [-0.39, 0.29) is 6.10 Å². The SMILES string of the molecule is C=C(/N=C(/NCCCC)N(C)CC)N(C)[C@H]1CCC[C@H](O)CCC1. The molecule has 1 aliphatic carbocycles. The molecule has 0 spiro atoms. The Morgan fingerprint density at radius 2 is 1.79 bits per heavy atom. The highest BCUT2D eigenvalue weighted by molar-refractivity contribution is 5.80. The average molecular weight is 339 g/mol. The van der Waals surface area contributed by atoms with E-state index in [4.69, 9.17) is 4.99 Å². The molecule has 0 aromatic rings. The van der Waals surface area contributed by atoms with Gasteiger partial charge >= 0.3 is 0 Å². The smallest absolute Gasteiger partial charge is 0.200 e. The lowest BCUT2D eigenvalue weighted by atomic mass is 9.94. The van der Waals surface area contributed by atoms with Gasteiger partial charge in [-0.05, 0) is 51.9 Å². The van der Waals surface area contributed by atoms with Gasteiger partial charge in [0, 0.05) is 33.2 Å². The molecule has 2 N–H and O–H groups in total. The number of rotatable bonds is 7. The molecule has 0 bridgehead atoms. The molecule has 0 aromatic carbocycles. The summed E-state index contributed by atoms with van der Waals surface area (Å²) >= 11 is 0. The van der Waals surface area contributed by atoms with Crippen molar-refractivity contribution < 1.29 is 5.11 Å². The summed E-state index contributed by atoms with van der Waals surface area (Å²) in [6.07, 6.45) is 8.40. The maximum absolute atomic E-state index is 9.79. The zero-order valence-electron chi connectivity index (χ0n) is 16.2. The second-order valence-corrected chi connectivity index (χ2v) is 6.93. The summed E-state index contributed by atoms with van der Waals surface area (Å²) in [7, 11) is 4.16. The largest absolute Gasteiger partial charge is 0.393 e. The van der Waals surface area contributed by atoms with Gasteiger partial charge in [-0.2, -0.15) is 4.99 Å². The normalized spacial score (nSPS) is 22.5. The number of nitrogens with one attached hydrogen (secondary N) is 1. The van der Waals surface area contributed by atoms with Crippen molar-refractivity contribution in [2.45, 2.75) is 77.4 Å². The van der Waals surface area contributed by atoms with Crippen LogP contribution in [0.2, 0.25) is 0 Å². The molecule has 0 heterocycles. The lowest BCUT2D eigenvalue weighted by Gasteiger charge is -2.32. The zero-order valence-corrected chi connectivity index (χ0v) is 16.2. The van der Waals surface area contributed by atoms with Gasteiger partial charge in [0.2, 0.25) is 0 Å². The quantitative estimate of drug-likeness (QED) is 0.425. The summed E-state index contributed by atoms with van der Waals surface area (Å²) in [5, 5.41) is 13.2. The Morgan fingerprint density at radius 1 is 1.17 bits per heavy atom. The second-order valence-electron chi connectivity index (χ2n) is 6.93. The van der Waals surface area contributed by atoms with Gasteiger partial charge in [-0.1, -0.05) is 19.9 Å². The predicted octanol–water partition coefficient (Wildman–Crippen LogP) is 3.17. The first kappa shape index (κ1) is 20.8. The summed E-state index contributed by atoms with van der Waals surface area (Å²) in [6.45, 7) is 10.4. The topological polar surface area (TPSA) is 51.1 Å². The Labute approximate surface area is 148 Å². The first-order valence-corrected chi connectivity index (χ1v) is 9.63. The van der Waals surface area contributed by atoms with Crippen molar-refractivity contribution >= 4 is 5.96 Å². The van der Waals surface area contributed by atoms with Crippen LogP contribution < -0.4 is 5.32 Å². The van der Waals surface area contributed by atoms with Crippen molar-refractivity contribution in [1.82, 2.24) is 15.1 Å². The molecule has 24 heavy (non-hydrogen) atoms.